The molecule has 2 aromatic rings. The lowest BCUT2D eigenvalue weighted by atomic mass is 10.1. The van der Waals surface area contributed by atoms with E-state index in [-0.39, 0.29) is 30.0 Å². The minimum atomic E-state index is -0.894. The van der Waals surface area contributed by atoms with E-state index in [1.54, 1.807) is 7.05 Å². The lowest BCUT2D eigenvalue weighted by Gasteiger charge is -2.22. The molecule has 1 aliphatic heterocycles. The molecule has 0 aromatic heterocycles. The second kappa shape index (κ2) is 12.9. The minimum Gasteiger partial charge on any atom is -0.372 e. The van der Waals surface area contributed by atoms with E-state index in [9.17, 15) is 4.21 Å². The van der Waals surface area contributed by atoms with Crippen LogP contribution in [0.1, 0.15) is 36.9 Å². The Labute approximate surface area is 200 Å². The Hall–Kier alpha value is -1.61. The van der Waals surface area contributed by atoms with Gasteiger partial charge in [0.2, 0.25) is 0 Å². The lowest BCUT2D eigenvalue weighted by molar-refractivity contribution is 0.676. The molecule has 1 aliphatic rings. The lowest BCUT2D eigenvalue weighted by Crippen LogP contribution is -2.40. The first-order valence-electron chi connectivity index (χ1n) is 10.4. The predicted octanol–water partition coefficient (Wildman–Crippen LogP) is 4.08. The number of guanidine groups is 1. The number of benzene rings is 2. The maximum atomic E-state index is 12.3. The molecule has 0 saturated carbocycles. The first kappa shape index (κ1) is 24.7. The summed E-state index contributed by atoms with van der Waals surface area (Å²) >= 11 is 0. The fraction of sp³-hybridized carbons (Fsp3) is 0.435. The second-order valence-corrected chi connectivity index (χ2v) is 9.00. The average molecular weight is 541 g/mol. The maximum Gasteiger partial charge on any atom is 0.191 e. The minimum absolute atomic E-state index is 0. The smallest absolute Gasteiger partial charge is 0.191 e. The molecule has 2 aromatic carbocycles. The van der Waals surface area contributed by atoms with Crippen LogP contribution in [0.2, 0.25) is 0 Å². The van der Waals surface area contributed by atoms with E-state index in [4.69, 9.17) is 0 Å². The highest BCUT2D eigenvalue weighted by atomic mass is 127. The normalized spacial score (nSPS) is 15.9. The summed E-state index contributed by atoms with van der Waals surface area (Å²) in [4.78, 5) is 6.77. The van der Waals surface area contributed by atoms with E-state index >= 15 is 0 Å². The van der Waals surface area contributed by atoms with Gasteiger partial charge in [-0.3, -0.25) is 9.20 Å². The van der Waals surface area contributed by atoms with E-state index < -0.39 is 10.8 Å². The fourth-order valence-electron chi connectivity index (χ4n) is 3.56. The van der Waals surface area contributed by atoms with Gasteiger partial charge in [-0.15, -0.1) is 24.0 Å². The Morgan fingerprint density at radius 1 is 1.13 bits per heavy atom. The summed E-state index contributed by atoms with van der Waals surface area (Å²) in [6, 6.07) is 18.9. The highest BCUT2D eigenvalue weighted by Crippen LogP contribution is 2.23. The third-order valence-corrected chi connectivity index (χ3v) is 6.53. The predicted molar refractivity (Wildman–Crippen MR) is 139 cm³/mol. The SMILES string of the molecule is CN=C(NCCS(=O)Cc1ccccc1)NC(C)c1cccc(N2CCCC2)c1.I. The van der Waals surface area contributed by atoms with Gasteiger partial charge in [0, 0.05) is 54.7 Å². The molecule has 2 unspecified atom stereocenters. The Bertz CT molecular complexity index is 825. The van der Waals surface area contributed by atoms with Gasteiger partial charge in [0.25, 0.3) is 0 Å². The van der Waals surface area contributed by atoms with Crippen molar-refractivity contribution in [1.82, 2.24) is 10.6 Å². The summed E-state index contributed by atoms with van der Waals surface area (Å²) in [6.07, 6.45) is 2.56. The molecule has 164 valence electrons. The molecule has 0 aliphatic carbocycles. The van der Waals surface area contributed by atoms with Crippen LogP contribution in [0.4, 0.5) is 5.69 Å². The van der Waals surface area contributed by atoms with Crippen molar-refractivity contribution in [3.05, 3.63) is 65.7 Å². The van der Waals surface area contributed by atoms with Gasteiger partial charge in [-0.25, -0.2) is 0 Å². The molecular formula is C23H33IN4OS. The molecule has 30 heavy (non-hydrogen) atoms. The molecule has 0 amide bonds. The van der Waals surface area contributed by atoms with Gasteiger partial charge in [0.05, 0.1) is 6.04 Å². The molecule has 1 heterocycles. The highest BCUT2D eigenvalue weighted by molar-refractivity contribution is 14.0. The van der Waals surface area contributed by atoms with Crippen LogP contribution in [0.25, 0.3) is 0 Å². The number of hydrogen-bond donors (Lipinski definition) is 2. The molecule has 0 radical (unpaired) electrons. The van der Waals surface area contributed by atoms with E-state index in [0.29, 0.717) is 18.1 Å². The van der Waals surface area contributed by atoms with Crippen molar-refractivity contribution in [1.29, 1.82) is 0 Å². The molecule has 3 rings (SSSR count). The highest BCUT2D eigenvalue weighted by Gasteiger charge is 2.14. The van der Waals surface area contributed by atoms with Crippen molar-refractivity contribution < 1.29 is 4.21 Å². The molecular weight excluding hydrogens is 507 g/mol. The molecule has 1 saturated heterocycles. The molecule has 5 nitrogen and oxygen atoms in total. The number of rotatable bonds is 8. The van der Waals surface area contributed by atoms with Crippen LogP contribution in [-0.2, 0) is 16.6 Å². The second-order valence-electron chi connectivity index (χ2n) is 7.43. The molecule has 1 fully saturated rings. The Kier molecular flexibility index (Phi) is 10.6. The Morgan fingerprint density at radius 3 is 2.57 bits per heavy atom. The molecule has 2 atom stereocenters. The molecule has 7 heteroatoms. The van der Waals surface area contributed by atoms with Crippen LogP contribution in [0.5, 0.6) is 0 Å². The van der Waals surface area contributed by atoms with Crippen molar-refractivity contribution in [2.24, 2.45) is 4.99 Å². The van der Waals surface area contributed by atoms with Crippen molar-refractivity contribution >= 4 is 46.4 Å². The van der Waals surface area contributed by atoms with Crippen LogP contribution >= 0.6 is 24.0 Å². The largest absolute Gasteiger partial charge is 0.372 e. The average Bonchev–Trinajstić information content (AvgIpc) is 3.29. The van der Waals surface area contributed by atoms with Gasteiger partial charge in [-0.2, -0.15) is 0 Å². The zero-order valence-electron chi connectivity index (χ0n) is 17.8. The third-order valence-electron chi connectivity index (χ3n) is 5.21. The first-order valence-corrected chi connectivity index (χ1v) is 11.9. The van der Waals surface area contributed by atoms with Crippen LogP contribution in [0.3, 0.4) is 0 Å². The van der Waals surface area contributed by atoms with Gasteiger partial charge < -0.3 is 15.5 Å². The number of hydrogen-bond acceptors (Lipinski definition) is 3. The molecule has 0 spiro atoms. The quantitative estimate of drug-likeness (QED) is 0.301. The van der Waals surface area contributed by atoms with Crippen LogP contribution in [0, 0.1) is 0 Å². The van der Waals surface area contributed by atoms with Crippen LogP contribution < -0.4 is 15.5 Å². The summed E-state index contributed by atoms with van der Waals surface area (Å²) in [5.41, 5.74) is 3.65. The van der Waals surface area contributed by atoms with Gasteiger partial charge in [-0.05, 0) is 43.0 Å². The Morgan fingerprint density at radius 2 is 1.87 bits per heavy atom. The summed E-state index contributed by atoms with van der Waals surface area (Å²) < 4.78 is 12.3. The number of aliphatic imine (C=N–C) groups is 1. The van der Waals surface area contributed by atoms with Gasteiger partial charge in [0.1, 0.15) is 0 Å². The van der Waals surface area contributed by atoms with Gasteiger partial charge >= 0.3 is 0 Å². The van der Waals surface area contributed by atoms with E-state index in [1.165, 1.54) is 24.1 Å². The maximum absolute atomic E-state index is 12.3. The standard InChI is InChI=1S/C23H32N4OS.HI/c1-19(21-11-8-12-22(17-21)27-14-6-7-15-27)26-23(24-2)25-13-16-29(28)18-20-9-4-3-5-10-20;/h3-5,8-12,17,19H,6-7,13-16,18H2,1-2H3,(H2,24,25,26);1H. The first-order chi connectivity index (χ1) is 14.2. The van der Waals surface area contributed by atoms with Gasteiger partial charge in [-0.1, -0.05) is 42.5 Å². The zero-order chi connectivity index (χ0) is 20.5. The summed E-state index contributed by atoms with van der Waals surface area (Å²) in [7, 11) is 0.874. The van der Waals surface area contributed by atoms with E-state index in [1.807, 2.05) is 30.3 Å². The third kappa shape index (κ3) is 7.58. The van der Waals surface area contributed by atoms with Crippen LogP contribution in [-0.4, -0.2) is 42.6 Å². The zero-order valence-corrected chi connectivity index (χ0v) is 21.0. The monoisotopic (exact) mass is 540 g/mol. The van der Waals surface area contributed by atoms with Crippen LogP contribution in [0.15, 0.2) is 59.6 Å². The fourth-order valence-corrected chi connectivity index (χ4v) is 4.60. The van der Waals surface area contributed by atoms with Crippen molar-refractivity contribution in [3.63, 3.8) is 0 Å². The summed E-state index contributed by atoms with van der Waals surface area (Å²) in [5.74, 6) is 1.92. The number of halogens is 1. The van der Waals surface area contributed by atoms with Crippen molar-refractivity contribution in [3.8, 4) is 0 Å². The molecule has 2 N–H and O–H groups in total. The topological polar surface area (TPSA) is 56.7 Å². The number of nitrogens with zero attached hydrogens (tertiary/aromatic N) is 2. The van der Waals surface area contributed by atoms with Crippen molar-refractivity contribution in [2.75, 3.05) is 37.3 Å². The molecule has 0 bridgehead atoms. The van der Waals surface area contributed by atoms with Gasteiger partial charge in [0.15, 0.2) is 5.96 Å². The number of anilines is 1. The van der Waals surface area contributed by atoms with Crippen molar-refractivity contribution in [2.45, 2.75) is 31.6 Å². The summed E-state index contributed by atoms with van der Waals surface area (Å²) in [5, 5.41) is 6.74. The summed E-state index contributed by atoms with van der Waals surface area (Å²) in [6.45, 7) is 5.06. The van der Waals surface area contributed by atoms with E-state index in [2.05, 4.69) is 51.7 Å². The number of nitrogens with one attached hydrogen (secondary N) is 2. The Balaban J connectivity index is 0.00000320. The van der Waals surface area contributed by atoms with E-state index in [0.717, 1.165) is 24.6 Å².